The van der Waals surface area contributed by atoms with Gasteiger partial charge in [-0.1, -0.05) is 13.3 Å². The Morgan fingerprint density at radius 3 is 2.95 bits per heavy atom. The van der Waals surface area contributed by atoms with Crippen LogP contribution < -0.4 is 5.32 Å². The van der Waals surface area contributed by atoms with Gasteiger partial charge in [-0.15, -0.1) is 0 Å². The van der Waals surface area contributed by atoms with Gasteiger partial charge in [0.25, 0.3) is 0 Å². The molecule has 3 atom stereocenters. The SMILES string of the molecule is CCC1CN(C(=NC)NCC2CCCC2O)CCS1. The zero-order chi connectivity index (χ0) is 13.7. The molecule has 3 unspecified atom stereocenters. The van der Waals surface area contributed by atoms with Gasteiger partial charge in [0.2, 0.25) is 0 Å². The first-order valence-corrected chi connectivity index (χ1v) is 8.54. The van der Waals surface area contributed by atoms with Gasteiger partial charge in [-0.05, 0) is 19.3 Å². The van der Waals surface area contributed by atoms with Crippen molar-refractivity contribution in [3.63, 3.8) is 0 Å². The first kappa shape index (κ1) is 15.0. The van der Waals surface area contributed by atoms with E-state index in [1.165, 1.54) is 12.2 Å². The number of rotatable bonds is 3. The zero-order valence-corrected chi connectivity index (χ0v) is 13.0. The number of hydrogen-bond acceptors (Lipinski definition) is 3. The predicted octanol–water partition coefficient (Wildman–Crippen LogP) is 1.55. The fraction of sp³-hybridized carbons (Fsp3) is 0.929. The molecule has 19 heavy (non-hydrogen) atoms. The van der Waals surface area contributed by atoms with Crippen molar-refractivity contribution < 1.29 is 5.11 Å². The zero-order valence-electron chi connectivity index (χ0n) is 12.1. The van der Waals surface area contributed by atoms with Crippen LogP contribution in [0.5, 0.6) is 0 Å². The summed E-state index contributed by atoms with van der Waals surface area (Å²) in [6.45, 7) is 5.28. The molecule has 0 spiro atoms. The van der Waals surface area contributed by atoms with E-state index >= 15 is 0 Å². The summed E-state index contributed by atoms with van der Waals surface area (Å²) < 4.78 is 0. The molecule has 1 saturated heterocycles. The molecule has 1 saturated carbocycles. The Kier molecular flexibility index (Phi) is 5.82. The van der Waals surface area contributed by atoms with Crippen molar-refractivity contribution in [2.24, 2.45) is 10.9 Å². The molecule has 2 rings (SSSR count). The van der Waals surface area contributed by atoms with Crippen LogP contribution in [0.4, 0.5) is 0 Å². The van der Waals surface area contributed by atoms with Crippen LogP contribution in [0.15, 0.2) is 4.99 Å². The molecule has 0 aromatic rings. The van der Waals surface area contributed by atoms with Crippen LogP contribution in [-0.4, -0.2) is 59.8 Å². The predicted molar refractivity (Wildman–Crippen MR) is 82.8 cm³/mol. The third-order valence-electron chi connectivity index (χ3n) is 4.25. The highest BCUT2D eigenvalue weighted by Crippen LogP contribution is 2.25. The fourth-order valence-electron chi connectivity index (χ4n) is 2.97. The van der Waals surface area contributed by atoms with Crippen LogP contribution in [0.1, 0.15) is 32.6 Å². The van der Waals surface area contributed by atoms with Gasteiger partial charge in [0.05, 0.1) is 6.10 Å². The van der Waals surface area contributed by atoms with Crippen LogP contribution in [0.2, 0.25) is 0 Å². The second-order valence-electron chi connectivity index (χ2n) is 5.53. The number of nitrogens with one attached hydrogen (secondary N) is 1. The molecule has 2 N–H and O–H groups in total. The van der Waals surface area contributed by atoms with E-state index in [1.54, 1.807) is 0 Å². The molecule has 0 bridgehead atoms. The van der Waals surface area contributed by atoms with Crippen molar-refractivity contribution >= 4 is 17.7 Å². The number of aliphatic imine (C=N–C) groups is 1. The van der Waals surface area contributed by atoms with Crippen molar-refractivity contribution in [2.75, 3.05) is 32.4 Å². The maximum atomic E-state index is 9.87. The average Bonchev–Trinajstić information content (AvgIpc) is 2.85. The summed E-state index contributed by atoms with van der Waals surface area (Å²) in [7, 11) is 1.86. The first-order valence-electron chi connectivity index (χ1n) is 7.49. The van der Waals surface area contributed by atoms with Gasteiger partial charge < -0.3 is 15.3 Å². The number of guanidine groups is 1. The highest BCUT2D eigenvalue weighted by atomic mass is 32.2. The van der Waals surface area contributed by atoms with Crippen molar-refractivity contribution in [1.82, 2.24) is 10.2 Å². The third-order valence-corrected chi connectivity index (χ3v) is 5.62. The van der Waals surface area contributed by atoms with Gasteiger partial charge in [-0.25, -0.2) is 0 Å². The van der Waals surface area contributed by atoms with Crippen LogP contribution in [-0.2, 0) is 0 Å². The summed E-state index contributed by atoms with van der Waals surface area (Å²) in [5.74, 6) is 2.60. The van der Waals surface area contributed by atoms with E-state index in [0.717, 1.165) is 50.1 Å². The number of hydrogen-bond donors (Lipinski definition) is 2. The van der Waals surface area contributed by atoms with E-state index in [0.29, 0.717) is 5.92 Å². The van der Waals surface area contributed by atoms with E-state index < -0.39 is 0 Å². The van der Waals surface area contributed by atoms with E-state index in [9.17, 15) is 5.11 Å². The maximum Gasteiger partial charge on any atom is 0.193 e. The van der Waals surface area contributed by atoms with Crippen LogP contribution in [0.3, 0.4) is 0 Å². The third kappa shape index (κ3) is 4.02. The lowest BCUT2D eigenvalue weighted by Gasteiger charge is -2.34. The van der Waals surface area contributed by atoms with Crippen molar-refractivity contribution in [1.29, 1.82) is 0 Å². The Balaban J connectivity index is 1.82. The highest BCUT2D eigenvalue weighted by Gasteiger charge is 2.26. The lowest BCUT2D eigenvalue weighted by atomic mass is 10.1. The van der Waals surface area contributed by atoms with Gasteiger partial charge >= 0.3 is 0 Å². The standard InChI is InChI=1S/C14H27N3OS/c1-3-12-10-17(7-8-19-12)14(15-2)16-9-11-5-4-6-13(11)18/h11-13,18H,3-10H2,1-2H3,(H,15,16). The molecule has 5 heteroatoms. The smallest absolute Gasteiger partial charge is 0.193 e. The topological polar surface area (TPSA) is 47.9 Å². The minimum Gasteiger partial charge on any atom is -0.393 e. The van der Waals surface area contributed by atoms with Crippen LogP contribution in [0, 0.1) is 5.92 Å². The van der Waals surface area contributed by atoms with Crippen molar-refractivity contribution in [2.45, 2.75) is 44.0 Å². The quantitative estimate of drug-likeness (QED) is 0.610. The Hall–Kier alpha value is -0.420. The van der Waals surface area contributed by atoms with Gasteiger partial charge in [-0.2, -0.15) is 11.8 Å². The molecule has 1 heterocycles. The molecule has 0 amide bonds. The van der Waals surface area contributed by atoms with Crippen molar-refractivity contribution in [3.05, 3.63) is 0 Å². The van der Waals surface area contributed by atoms with E-state index in [-0.39, 0.29) is 6.10 Å². The number of nitrogens with zero attached hydrogens (tertiary/aromatic N) is 2. The minimum absolute atomic E-state index is 0.120. The van der Waals surface area contributed by atoms with Crippen molar-refractivity contribution in [3.8, 4) is 0 Å². The second-order valence-corrected chi connectivity index (χ2v) is 6.94. The largest absolute Gasteiger partial charge is 0.393 e. The highest BCUT2D eigenvalue weighted by molar-refractivity contribution is 8.00. The Morgan fingerprint density at radius 1 is 1.47 bits per heavy atom. The summed E-state index contributed by atoms with van der Waals surface area (Å²) >= 11 is 2.07. The summed E-state index contributed by atoms with van der Waals surface area (Å²) in [5, 5.41) is 14.1. The summed E-state index contributed by atoms with van der Waals surface area (Å²) in [6.07, 6.45) is 4.36. The van der Waals surface area contributed by atoms with Gasteiger partial charge in [-0.3, -0.25) is 4.99 Å². The monoisotopic (exact) mass is 285 g/mol. The van der Waals surface area contributed by atoms with E-state index in [2.05, 4.69) is 33.9 Å². The average molecular weight is 285 g/mol. The molecule has 4 nitrogen and oxygen atoms in total. The van der Waals surface area contributed by atoms with Gasteiger partial charge in [0, 0.05) is 43.6 Å². The normalized spacial score (nSPS) is 32.7. The fourth-order valence-corrected chi connectivity index (χ4v) is 4.15. The first-order chi connectivity index (χ1) is 9.24. The molecule has 2 aliphatic rings. The van der Waals surface area contributed by atoms with Gasteiger partial charge in [0.1, 0.15) is 0 Å². The Labute approximate surface area is 121 Å². The molecule has 110 valence electrons. The number of aliphatic hydroxyl groups excluding tert-OH is 1. The molecule has 0 radical (unpaired) electrons. The molecule has 0 aromatic carbocycles. The number of aliphatic hydroxyl groups is 1. The number of thioether (sulfide) groups is 1. The Bertz CT molecular complexity index is 311. The van der Waals surface area contributed by atoms with E-state index in [4.69, 9.17) is 0 Å². The molecule has 2 fully saturated rings. The second kappa shape index (κ2) is 7.39. The lowest BCUT2D eigenvalue weighted by molar-refractivity contribution is 0.133. The minimum atomic E-state index is -0.120. The van der Waals surface area contributed by atoms with Gasteiger partial charge in [0.15, 0.2) is 5.96 Å². The molecular weight excluding hydrogens is 258 g/mol. The van der Waals surface area contributed by atoms with Crippen LogP contribution in [0.25, 0.3) is 0 Å². The van der Waals surface area contributed by atoms with Crippen LogP contribution >= 0.6 is 11.8 Å². The molecule has 1 aliphatic carbocycles. The maximum absolute atomic E-state index is 9.87. The molecule has 1 aliphatic heterocycles. The Morgan fingerprint density at radius 2 is 2.32 bits per heavy atom. The summed E-state index contributed by atoms with van der Waals surface area (Å²) in [6, 6.07) is 0. The summed E-state index contributed by atoms with van der Waals surface area (Å²) in [5.41, 5.74) is 0. The summed E-state index contributed by atoms with van der Waals surface area (Å²) in [4.78, 5) is 6.77. The lowest BCUT2D eigenvalue weighted by Crippen LogP contribution is -2.49. The molecular formula is C14H27N3OS. The van der Waals surface area contributed by atoms with E-state index in [1.807, 2.05) is 7.05 Å². The molecule has 0 aromatic heterocycles.